The van der Waals surface area contributed by atoms with Crippen molar-refractivity contribution in [2.45, 2.75) is 64.6 Å². The summed E-state index contributed by atoms with van der Waals surface area (Å²) in [5.41, 5.74) is 1.31. The molecule has 1 N–H and O–H groups in total. The molecule has 0 heterocycles. The fraction of sp³-hybridized carbons (Fsp3) is 0.684. The monoisotopic (exact) mass is 289 g/mol. The van der Waals surface area contributed by atoms with Crippen LogP contribution < -0.4 is 5.32 Å². The molecule has 0 aromatic heterocycles. The van der Waals surface area contributed by atoms with Crippen molar-refractivity contribution >= 4 is 0 Å². The predicted octanol–water partition coefficient (Wildman–Crippen LogP) is 4.71. The number of likely N-dealkylation sites (N-methyl/N-ethyl adjacent to an activating group) is 1. The molecule has 0 aliphatic heterocycles. The lowest BCUT2D eigenvalue weighted by Gasteiger charge is -2.42. The van der Waals surface area contributed by atoms with Crippen molar-refractivity contribution in [3.05, 3.63) is 35.9 Å². The van der Waals surface area contributed by atoms with Crippen LogP contribution in [-0.2, 0) is 4.74 Å². The highest BCUT2D eigenvalue weighted by atomic mass is 16.5. The topological polar surface area (TPSA) is 21.3 Å². The summed E-state index contributed by atoms with van der Waals surface area (Å²) in [5.74, 6) is 0.899. The van der Waals surface area contributed by atoms with Gasteiger partial charge in [0, 0.05) is 6.54 Å². The largest absolute Gasteiger partial charge is 0.366 e. The van der Waals surface area contributed by atoms with Crippen molar-refractivity contribution in [3.63, 3.8) is 0 Å². The van der Waals surface area contributed by atoms with Crippen LogP contribution in [0.4, 0.5) is 0 Å². The number of hydrogen-bond donors (Lipinski definition) is 1. The van der Waals surface area contributed by atoms with Crippen LogP contribution in [0.15, 0.2) is 30.3 Å². The van der Waals surface area contributed by atoms with Gasteiger partial charge in [-0.15, -0.1) is 0 Å². The van der Waals surface area contributed by atoms with Gasteiger partial charge in [-0.05, 0) is 50.6 Å². The van der Waals surface area contributed by atoms with E-state index in [0.717, 1.165) is 19.0 Å². The van der Waals surface area contributed by atoms with Gasteiger partial charge in [0.15, 0.2) is 0 Å². The average Bonchev–Trinajstić information content (AvgIpc) is 2.54. The Labute approximate surface area is 130 Å². The smallest absolute Gasteiger partial charge is 0.0814 e. The van der Waals surface area contributed by atoms with Gasteiger partial charge >= 0.3 is 0 Å². The summed E-state index contributed by atoms with van der Waals surface area (Å²) in [4.78, 5) is 0. The molecular formula is C19H31NO. The Morgan fingerprint density at radius 1 is 1.19 bits per heavy atom. The normalized spacial score (nSPS) is 27.5. The standard InChI is InChI=1S/C19H31NO/c1-4-17-11-13-19(14-12-17,15-20-5-2)21-16(3)18-9-7-6-8-10-18/h6-10,16-17,20H,4-5,11-15H2,1-3H3. The number of rotatable bonds is 7. The van der Waals surface area contributed by atoms with Crippen molar-refractivity contribution in [2.75, 3.05) is 13.1 Å². The van der Waals surface area contributed by atoms with E-state index < -0.39 is 0 Å². The maximum Gasteiger partial charge on any atom is 0.0814 e. The minimum absolute atomic E-state index is 0.0247. The van der Waals surface area contributed by atoms with E-state index in [4.69, 9.17) is 4.74 Å². The van der Waals surface area contributed by atoms with Crippen molar-refractivity contribution < 1.29 is 4.74 Å². The molecule has 2 heteroatoms. The molecule has 1 aliphatic rings. The van der Waals surface area contributed by atoms with E-state index in [9.17, 15) is 0 Å². The first-order valence-electron chi connectivity index (χ1n) is 8.62. The lowest BCUT2D eigenvalue weighted by molar-refractivity contribution is -0.114. The van der Waals surface area contributed by atoms with Crippen LogP contribution in [0.3, 0.4) is 0 Å². The molecule has 118 valence electrons. The molecule has 1 aromatic rings. The molecule has 1 aromatic carbocycles. The Bertz CT molecular complexity index is 395. The summed E-state index contributed by atoms with van der Waals surface area (Å²) >= 11 is 0. The quantitative estimate of drug-likeness (QED) is 0.784. The highest BCUT2D eigenvalue weighted by molar-refractivity contribution is 5.17. The molecule has 1 aliphatic carbocycles. The fourth-order valence-electron chi connectivity index (χ4n) is 3.47. The summed E-state index contributed by atoms with van der Waals surface area (Å²) in [7, 11) is 0. The SMILES string of the molecule is CCNCC1(OC(C)c2ccccc2)CCC(CC)CC1. The van der Waals surface area contributed by atoms with E-state index in [2.05, 4.69) is 56.4 Å². The second-order valence-electron chi connectivity index (χ2n) is 6.49. The molecular weight excluding hydrogens is 258 g/mol. The molecule has 1 unspecified atom stereocenters. The summed E-state index contributed by atoms with van der Waals surface area (Å²) in [6, 6.07) is 10.6. The second kappa shape index (κ2) is 7.95. The maximum atomic E-state index is 6.60. The molecule has 1 atom stereocenters. The summed E-state index contributed by atoms with van der Waals surface area (Å²) in [6.45, 7) is 8.68. The molecule has 0 bridgehead atoms. The maximum absolute atomic E-state index is 6.60. The van der Waals surface area contributed by atoms with E-state index in [1.807, 2.05) is 0 Å². The molecule has 0 saturated heterocycles. The van der Waals surface area contributed by atoms with Gasteiger partial charge in [0.2, 0.25) is 0 Å². The number of benzene rings is 1. The molecule has 0 amide bonds. The van der Waals surface area contributed by atoms with Crippen LogP contribution in [0, 0.1) is 5.92 Å². The summed E-state index contributed by atoms with van der Waals surface area (Å²) < 4.78 is 6.60. The molecule has 0 radical (unpaired) electrons. The van der Waals surface area contributed by atoms with Crippen LogP contribution in [0.1, 0.15) is 64.5 Å². The molecule has 1 saturated carbocycles. The zero-order chi connectivity index (χ0) is 15.1. The lowest BCUT2D eigenvalue weighted by atomic mass is 9.77. The van der Waals surface area contributed by atoms with Crippen LogP contribution in [0.5, 0.6) is 0 Å². The minimum Gasteiger partial charge on any atom is -0.366 e. The number of ether oxygens (including phenoxy) is 1. The first-order chi connectivity index (χ1) is 10.2. The van der Waals surface area contributed by atoms with Gasteiger partial charge in [-0.1, -0.05) is 50.6 Å². The molecule has 1 fully saturated rings. The van der Waals surface area contributed by atoms with Gasteiger partial charge in [-0.2, -0.15) is 0 Å². The average molecular weight is 289 g/mol. The number of nitrogens with one attached hydrogen (secondary N) is 1. The zero-order valence-corrected chi connectivity index (χ0v) is 13.9. The third-order valence-corrected chi connectivity index (χ3v) is 4.99. The Morgan fingerprint density at radius 2 is 1.86 bits per heavy atom. The van der Waals surface area contributed by atoms with Gasteiger partial charge in [-0.3, -0.25) is 0 Å². The Morgan fingerprint density at radius 3 is 2.43 bits per heavy atom. The fourth-order valence-corrected chi connectivity index (χ4v) is 3.47. The summed E-state index contributed by atoms with van der Waals surface area (Å²) in [6.07, 6.45) is 6.48. The van der Waals surface area contributed by atoms with Crippen LogP contribution in [-0.4, -0.2) is 18.7 Å². The van der Waals surface area contributed by atoms with Gasteiger partial charge < -0.3 is 10.1 Å². The van der Waals surface area contributed by atoms with Gasteiger partial charge in [0.1, 0.15) is 0 Å². The van der Waals surface area contributed by atoms with Crippen molar-refractivity contribution in [1.82, 2.24) is 5.32 Å². The van der Waals surface area contributed by atoms with Crippen LogP contribution >= 0.6 is 0 Å². The van der Waals surface area contributed by atoms with E-state index in [0.29, 0.717) is 0 Å². The molecule has 2 rings (SSSR count). The van der Waals surface area contributed by atoms with E-state index >= 15 is 0 Å². The van der Waals surface area contributed by atoms with Crippen molar-refractivity contribution in [3.8, 4) is 0 Å². The van der Waals surface area contributed by atoms with Crippen molar-refractivity contribution in [1.29, 1.82) is 0 Å². The van der Waals surface area contributed by atoms with Gasteiger partial charge in [0.25, 0.3) is 0 Å². The first-order valence-corrected chi connectivity index (χ1v) is 8.62. The van der Waals surface area contributed by atoms with Crippen LogP contribution in [0.25, 0.3) is 0 Å². The van der Waals surface area contributed by atoms with Crippen LogP contribution in [0.2, 0.25) is 0 Å². The molecule has 21 heavy (non-hydrogen) atoms. The third kappa shape index (κ3) is 4.55. The van der Waals surface area contributed by atoms with Gasteiger partial charge in [-0.25, -0.2) is 0 Å². The first kappa shape index (κ1) is 16.5. The molecule has 0 spiro atoms. The second-order valence-corrected chi connectivity index (χ2v) is 6.49. The number of hydrogen-bond acceptors (Lipinski definition) is 2. The summed E-state index contributed by atoms with van der Waals surface area (Å²) in [5, 5.41) is 3.52. The Hall–Kier alpha value is -0.860. The van der Waals surface area contributed by atoms with Crippen molar-refractivity contribution in [2.24, 2.45) is 5.92 Å². The molecule has 2 nitrogen and oxygen atoms in total. The predicted molar refractivity (Wildman–Crippen MR) is 89.5 cm³/mol. The van der Waals surface area contributed by atoms with E-state index in [-0.39, 0.29) is 11.7 Å². The lowest BCUT2D eigenvalue weighted by Crippen LogP contribution is -2.46. The third-order valence-electron chi connectivity index (χ3n) is 4.99. The zero-order valence-electron chi connectivity index (χ0n) is 13.9. The highest BCUT2D eigenvalue weighted by Crippen LogP contribution is 2.39. The Kier molecular flexibility index (Phi) is 6.25. The highest BCUT2D eigenvalue weighted by Gasteiger charge is 2.36. The minimum atomic E-state index is 0.0247. The van der Waals surface area contributed by atoms with E-state index in [1.165, 1.54) is 37.7 Å². The van der Waals surface area contributed by atoms with Gasteiger partial charge in [0.05, 0.1) is 11.7 Å². The van der Waals surface area contributed by atoms with E-state index in [1.54, 1.807) is 0 Å². The Balaban J connectivity index is 2.02.